The lowest BCUT2D eigenvalue weighted by molar-refractivity contribution is 0.0952. The Morgan fingerprint density at radius 2 is 2.33 bits per heavy atom. The topological polar surface area (TPSA) is 76.2 Å². The van der Waals surface area contributed by atoms with Crippen LogP contribution in [0.3, 0.4) is 0 Å². The van der Waals surface area contributed by atoms with Crippen LogP contribution in [0.5, 0.6) is 11.5 Å². The van der Waals surface area contributed by atoms with E-state index in [0.717, 1.165) is 18.7 Å². The average molecular weight is 308 g/mol. The first-order valence-corrected chi connectivity index (χ1v) is 6.97. The van der Waals surface area contributed by atoms with Gasteiger partial charge in [0.15, 0.2) is 11.5 Å². The number of imidazole rings is 1. The minimum atomic E-state index is -0.186. The van der Waals surface area contributed by atoms with Crippen molar-refractivity contribution in [1.29, 1.82) is 0 Å². The van der Waals surface area contributed by atoms with Gasteiger partial charge in [0, 0.05) is 30.9 Å². The van der Waals surface area contributed by atoms with Crippen molar-refractivity contribution < 1.29 is 14.3 Å². The third-order valence-electron chi connectivity index (χ3n) is 3.12. The van der Waals surface area contributed by atoms with E-state index in [1.54, 1.807) is 24.5 Å². The van der Waals surface area contributed by atoms with Crippen LogP contribution < -0.4 is 14.8 Å². The predicted octanol–water partition coefficient (Wildman–Crippen LogP) is 2.15. The summed E-state index contributed by atoms with van der Waals surface area (Å²) in [6.07, 6.45) is 5.08. The molecule has 0 saturated heterocycles. The second-order valence-corrected chi connectivity index (χ2v) is 4.99. The molecule has 2 heterocycles. The lowest BCUT2D eigenvalue weighted by atomic mass is 10.2. The maximum atomic E-state index is 12.1. The van der Waals surface area contributed by atoms with Crippen molar-refractivity contribution in [1.82, 2.24) is 15.3 Å². The van der Waals surface area contributed by atoms with Crippen molar-refractivity contribution in [2.24, 2.45) is 0 Å². The van der Waals surface area contributed by atoms with Gasteiger partial charge >= 0.3 is 0 Å². The normalized spacial score (nSPS) is 12.4. The lowest BCUT2D eigenvalue weighted by Gasteiger charge is -2.06. The van der Waals surface area contributed by atoms with Crippen LogP contribution in [0.25, 0.3) is 0 Å². The van der Waals surface area contributed by atoms with E-state index >= 15 is 0 Å². The molecule has 1 aliphatic heterocycles. The number of rotatable bonds is 5. The number of hydrogen-bond donors (Lipinski definition) is 2. The molecule has 21 heavy (non-hydrogen) atoms. The van der Waals surface area contributed by atoms with Gasteiger partial charge in [-0.15, -0.1) is 0 Å². The smallest absolute Gasteiger partial charge is 0.251 e. The Morgan fingerprint density at radius 3 is 3.14 bits per heavy atom. The molecule has 0 spiro atoms. The molecule has 0 aliphatic carbocycles. The number of carbonyl (C=O) groups excluding carboxylic acids is 1. The Balaban J connectivity index is 1.55. The highest BCUT2D eigenvalue weighted by Crippen LogP contribution is 2.39. The fourth-order valence-electron chi connectivity index (χ4n) is 2.09. The Labute approximate surface area is 126 Å². The van der Waals surface area contributed by atoms with Crippen LogP contribution in [0, 0.1) is 0 Å². The molecule has 3 rings (SSSR count). The summed E-state index contributed by atoms with van der Waals surface area (Å²) in [5.41, 5.74) is 0.460. The molecule has 0 bridgehead atoms. The maximum Gasteiger partial charge on any atom is 0.251 e. The van der Waals surface area contributed by atoms with Gasteiger partial charge < -0.3 is 19.8 Å². The van der Waals surface area contributed by atoms with Gasteiger partial charge in [0.1, 0.15) is 5.82 Å². The maximum absolute atomic E-state index is 12.1. The lowest BCUT2D eigenvalue weighted by Crippen LogP contribution is -2.24. The summed E-state index contributed by atoms with van der Waals surface area (Å²) < 4.78 is 10.5. The number of H-pyrrole nitrogens is 1. The Morgan fingerprint density at radius 1 is 1.43 bits per heavy atom. The SMILES string of the molecule is O=C(NCCCc1ncc[nH]1)c1cc(Cl)c2c(c1)OCO2. The average Bonchev–Trinajstić information content (AvgIpc) is 3.14. The Bertz CT molecular complexity index is 643. The van der Waals surface area contributed by atoms with Gasteiger partial charge in [-0.25, -0.2) is 4.98 Å². The van der Waals surface area contributed by atoms with Crippen molar-refractivity contribution in [2.45, 2.75) is 12.8 Å². The highest BCUT2D eigenvalue weighted by molar-refractivity contribution is 6.32. The molecular formula is C14H14ClN3O3. The number of ether oxygens (including phenoxy) is 2. The number of benzene rings is 1. The van der Waals surface area contributed by atoms with Gasteiger partial charge in [0.25, 0.3) is 5.91 Å². The minimum Gasteiger partial charge on any atom is -0.454 e. The molecule has 7 heteroatoms. The largest absolute Gasteiger partial charge is 0.454 e. The molecule has 1 aromatic carbocycles. The molecule has 2 aromatic rings. The molecule has 0 saturated carbocycles. The van der Waals surface area contributed by atoms with Crippen LogP contribution >= 0.6 is 11.6 Å². The van der Waals surface area contributed by atoms with Crippen LogP contribution in [-0.4, -0.2) is 29.2 Å². The van der Waals surface area contributed by atoms with Gasteiger partial charge in [-0.2, -0.15) is 0 Å². The monoisotopic (exact) mass is 307 g/mol. The van der Waals surface area contributed by atoms with E-state index in [9.17, 15) is 4.79 Å². The second-order valence-electron chi connectivity index (χ2n) is 4.59. The molecule has 0 radical (unpaired) electrons. The third kappa shape index (κ3) is 3.11. The van der Waals surface area contributed by atoms with E-state index in [2.05, 4.69) is 15.3 Å². The summed E-state index contributed by atoms with van der Waals surface area (Å²) in [6.45, 7) is 0.689. The standard InChI is InChI=1S/C14H14ClN3O3/c15-10-6-9(7-11-13(10)21-8-20-11)14(19)18-3-1-2-12-16-4-5-17-12/h4-7H,1-3,8H2,(H,16,17)(H,18,19). The molecule has 0 unspecified atom stereocenters. The number of amides is 1. The van der Waals surface area contributed by atoms with Crippen molar-refractivity contribution >= 4 is 17.5 Å². The predicted molar refractivity (Wildman–Crippen MR) is 76.8 cm³/mol. The van der Waals surface area contributed by atoms with Crippen LogP contribution in [0.4, 0.5) is 0 Å². The Hall–Kier alpha value is -2.21. The van der Waals surface area contributed by atoms with Crippen LogP contribution in [0.1, 0.15) is 22.6 Å². The number of nitrogens with one attached hydrogen (secondary N) is 2. The second kappa shape index (κ2) is 6.05. The number of halogens is 1. The summed E-state index contributed by atoms with van der Waals surface area (Å²) in [5, 5.41) is 3.22. The van der Waals surface area contributed by atoms with Gasteiger partial charge in [-0.1, -0.05) is 11.6 Å². The van der Waals surface area contributed by atoms with Gasteiger partial charge in [-0.05, 0) is 18.6 Å². The van der Waals surface area contributed by atoms with Gasteiger partial charge in [0.2, 0.25) is 6.79 Å². The molecule has 2 N–H and O–H groups in total. The number of hydrogen-bond acceptors (Lipinski definition) is 4. The fourth-order valence-corrected chi connectivity index (χ4v) is 2.36. The summed E-state index contributed by atoms with van der Waals surface area (Å²) in [7, 11) is 0. The summed E-state index contributed by atoms with van der Waals surface area (Å²) in [5.74, 6) is 1.72. The van der Waals surface area contributed by atoms with Crippen molar-refractivity contribution in [3.05, 3.63) is 40.9 Å². The van der Waals surface area contributed by atoms with E-state index in [1.165, 1.54) is 0 Å². The number of fused-ring (bicyclic) bond motifs is 1. The molecule has 1 aliphatic rings. The Kier molecular flexibility index (Phi) is 3.96. The summed E-state index contributed by atoms with van der Waals surface area (Å²) >= 11 is 6.05. The van der Waals surface area contributed by atoms with Gasteiger partial charge in [-0.3, -0.25) is 4.79 Å². The first-order valence-electron chi connectivity index (χ1n) is 6.59. The number of aromatic nitrogens is 2. The fraction of sp³-hybridized carbons (Fsp3) is 0.286. The first kappa shape index (κ1) is 13.8. The zero-order valence-electron chi connectivity index (χ0n) is 11.2. The van der Waals surface area contributed by atoms with Crippen molar-refractivity contribution in [3.8, 4) is 11.5 Å². The third-order valence-corrected chi connectivity index (χ3v) is 3.40. The molecule has 6 nitrogen and oxygen atoms in total. The highest BCUT2D eigenvalue weighted by Gasteiger charge is 2.20. The van der Waals surface area contributed by atoms with E-state index in [1.807, 2.05) is 0 Å². The van der Waals surface area contributed by atoms with Crippen LogP contribution in [0.2, 0.25) is 5.02 Å². The first-order chi connectivity index (χ1) is 10.2. The van der Waals surface area contributed by atoms with Crippen LogP contribution in [-0.2, 0) is 6.42 Å². The zero-order valence-corrected chi connectivity index (χ0v) is 11.9. The molecule has 1 amide bonds. The summed E-state index contributed by atoms with van der Waals surface area (Å²) in [4.78, 5) is 19.2. The quantitative estimate of drug-likeness (QED) is 0.830. The van der Waals surface area contributed by atoms with Crippen molar-refractivity contribution in [2.75, 3.05) is 13.3 Å². The van der Waals surface area contributed by atoms with Crippen molar-refractivity contribution in [3.63, 3.8) is 0 Å². The van der Waals surface area contributed by atoms with E-state index in [4.69, 9.17) is 21.1 Å². The zero-order chi connectivity index (χ0) is 14.7. The molecular weight excluding hydrogens is 294 g/mol. The minimum absolute atomic E-state index is 0.128. The number of aromatic amines is 1. The van der Waals surface area contributed by atoms with Gasteiger partial charge in [0.05, 0.1) is 5.02 Å². The van der Waals surface area contributed by atoms with E-state index in [-0.39, 0.29) is 12.7 Å². The molecule has 110 valence electrons. The van der Waals surface area contributed by atoms with Crippen LogP contribution in [0.15, 0.2) is 24.5 Å². The number of carbonyl (C=O) groups is 1. The molecule has 0 fully saturated rings. The molecule has 0 atom stereocenters. The summed E-state index contributed by atoms with van der Waals surface area (Å²) in [6, 6.07) is 3.22. The van der Waals surface area contributed by atoms with E-state index < -0.39 is 0 Å². The number of aryl methyl sites for hydroxylation is 1. The van der Waals surface area contributed by atoms with E-state index in [0.29, 0.717) is 28.6 Å². The highest BCUT2D eigenvalue weighted by atomic mass is 35.5. The molecule has 1 aromatic heterocycles. The number of nitrogens with zero attached hydrogens (tertiary/aromatic N) is 1.